The standard InChI is InChI=1S/C26H28N4O2/c1-30-23(31)15-26(29-24(30)28)22-13-19(18-5-3-4-17(12-18)16-27)6-7-20(22)14-25(26)10-8-21(32-2)9-11-25/h3-7,12-13,21H,8-11,14-15H2,1-2H3,(H2,28,29). The number of benzene rings is 2. The van der Waals surface area contributed by atoms with Crippen LogP contribution in [0.4, 0.5) is 0 Å². The van der Waals surface area contributed by atoms with Crippen LogP contribution in [0.25, 0.3) is 11.1 Å². The second kappa shape index (κ2) is 7.46. The van der Waals surface area contributed by atoms with Crippen LogP contribution in [0.2, 0.25) is 0 Å². The molecule has 1 unspecified atom stereocenters. The fourth-order valence-corrected chi connectivity index (χ4v) is 6.07. The fraction of sp³-hybridized carbons (Fsp3) is 0.423. The first-order chi connectivity index (χ1) is 15.4. The quantitative estimate of drug-likeness (QED) is 0.789. The Morgan fingerprint density at radius 2 is 1.91 bits per heavy atom. The number of aliphatic imine (C=N–C) groups is 1. The number of ether oxygens (including phenoxy) is 1. The lowest BCUT2D eigenvalue weighted by Crippen LogP contribution is -2.54. The van der Waals surface area contributed by atoms with Crippen molar-refractivity contribution in [2.75, 3.05) is 14.2 Å². The molecule has 1 atom stereocenters. The lowest BCUT2D eigenvalue weighted by Gasteiger charge is -2.49. The molecule has 2 aromatic carbocycles. The highest BCUT2D eigenvalue weighted by molar-refractivity contribution is 5.99. The maximum absolute atomic E-state index is 13.1. The first-order valence-electron chi connectivity index (χ1n) is 11.2. The Labute approximate surface area is 188 Å². The number of amides is 1. The number of rotatable bonds is 2. The fourth-order valence-electron chi connectivity index (χ4n) is 6.07. The highest BCUT2D eigenvalue weighted by atomic mass is 16.5. The highest BCUT2D eigenvalue weighted by Crippen LogP contribution is 2.62. The summed E-state index contributed by atoms with van der Waals surface area (Å²) in [5.41, 5.74) is 10.5. The summed E-state index contributed by atoms with van der Waals surface area (Å²) in [6.45, 7) is 0. The van der Waals surface area contributed by atoms with Crippen LogP contribution in [0, 0.1) is 16.7 Å². The van der Waals surface area contributed by atoms with Gasteiger partial charge < -0.3 is 10.5 Å². The van der Waals surface area contributed by atoms with Gasteiger partial charge in [-0.25, -0.2) is 4.99 Å². The van der Waals surface area contributed by atoms with E-state index in [1.807, 2.05) is 24.3 Å². The first kappa shape index (κ1) is 20.7. The Morgan fingerprint density at radius 1 is 1.16 bits per heavy atom. The van der Waals surface area contributed by atoms with E-state index in [-0.39, 0.29) is 17.4 Å². The number of hydrogen-bond acceptors (Lipinski definition) is 5. The number of fused-ring (bicyclic) bond motifs is 3. The average molecular weight is 429 g/mol. The van der Waals surface area contributed by atoms with Gasteiger partial charge in [0.25, 0.3) is 0 Å². The van der Waals surface area contributed by atoms with Crippen molar-refractivity contribution in [1.29, 1.82) is 5.26 Å². The van der Waals surface area contributed by atoms with Crippen molar-refractivity contribution < 1.29 is 9.53 Å². The average Bonchev–Trinajstić information content (AvgIpc) is 3.05. The smallest absolute Gasteiger partial charge is 0.231 e. The summed E-state index contributed by atoms with van der Waals surface area (Å²) in [5, 5.41) is 9.32. The first-order valence-corrected chi connectivity index (χ1v) is 11.2. The van der Waals surface area contributed by atoms with Crippen LogP contribution < -0.4 is 5.73 Å². The van der Waals surface area contributed by atoms with Crippen molar-refractivity contribution in [3.63, 3.8) is 0 Å². The van der Waals surface area contributed by atoms with Crippen molar-refractivity contribution in [3.8, 4) is 17.2 Å². The molecule has 2 aliphatic carbocycles. The van der Waals surface area contributed by atoms with E-state index in [1.54, 1.807) is 14.2 Å². The zero-order valence-corrected chi connectivity index (χ0v) is 18.6. The van der Waals surface area contributed by atoms with Gasteiger partial charge in [0.2, 0.25) is 5.91 Å². The minimum atomic E-state index is -0.655. The molecular weight excluding hydrogens is 400 g/mol. The van der Waals surface area contributed by atoms with E-state index in [0.717, 1.165) is 48.8 Å². The molecular formula is C26H28N4O2. The van der Waals surface area contributed by atoms with Crippen molar-refractivity contribution in [2.24, 2.45) is 16.1 Å². The second-order valence-electron chi connectivity index (χ2n) is 9.42. The highest BCUT2D eigenvalue weighted by Gasteiger charge is 2.61. The molecule has 0 bridgehead atoms. The minimum Gasteiger partial charge on any atom is -0.381 e. The summed E-state index contributed by atoms with van der Waals surface area (Å²) in [6.07, 6.45) is 5.31. The number of hydrogen-bond donors (Lipinski definition) is 1. The molecule has 5 rings (SSSR count). The molecule has 1 saturated carbocycles. The molecule has 1 amide bonds. The lowest BCUT2D eigenvalue weighted by molar-refractivity contribution is -0.131. The summed E-state index contributed by atoms with van der Waals surface area (Å²) >= 11 is 0. The third-order valence-electron chi connectivity index (χ3n) is 7.94. The van der Waals surface area contributed by atoms with E-state index in [2.05, 4.69) is 24.3 Å². The molecule has 2 spiro atoms. The summed E-state index contributed by atoms with van der Waals surface area (Å²) < 4.78 is 5.64. The summed E-state index contributed by atoms with van der Waals surface area (Å²) in [7, 11) is 3.47. The van der Waals surface area contributed by atoms with E-state index >= 15 is 0 Å². The van der Waals surface area contributed by atoms with Crippen molar-refractivity contribution in [3.05, 3.63) is 59.2 Å². The molecule has 164 valence electrons. The van der Waals surface area contributed by atoms with E-state index in [1.165, 1.54) is 10.5 Å². The van der Waals surface area contributed by atoms with Gasteiger partial charge in [-0.1, -0.05) is 24.3 Å². The number of methoxy groups -OCH3 is 1. The van der Waals surface area contributed by atoms with Crippen LogP contribution in [-0.2, 0) is 21.5 Å². The zero-order chi connectivity index (χ0) is 22.5. The zero-order valence-electron chi connectivity index (χ0n) is 18.6. The summed E-state index contributed by atoms with van der Waals surface area (Å²) in [5.74, 6) is 0.301. The van der Waals surface area contributed by atoms with Gasteiger partial charge in [0.05, 0.1) is 24.2 Å². The Kier molecular flexibility index (Phi) is 4.83. The minimum absolute atomic E-state index is 0.00970. The van der Waals surface area contributed by atoms with Crippen LogP contribution in [0.5, 0.6) is 0 Å². The molecule has 32 heavy (non-hydrogen) atoms. The van der Waals surface area contributed by atoms with Crippen molar-refractivity contribution >= 4 is 11.9 Å². The molecule has 2 N–H and O–H groups in total. The van der Waals surface area contributed by atoms with Gasteiger partial charge >= 0.3 is 0 Å². The molecule has 6 heteroatoms. The van der Waals surface area contributed by atoms with Gasteiger partial charge in [-0.05, 0) is 72.6 Å². The van der Waals surface area contributed by atoms with Crippen LogP contribution in [0.15, 0.2) is 47.5 Å². The number of nitrogens with zero attached hydrogens (tertiary/aromatic N) is 3. The van der Waals surface area contributed by atoms with Crippen molar-refractivity contribution in [2.45, 2.75) is 50.2 Å². The normalized spacial score (nSPS) is 29.2. The summed E-state index contributed by atoms with van der Waals surface area (Å²) in [4.78, 5) is 19.6. The molecule has 2 aromatic rings. The predicted octanol–water partition coefficient (Wildman–Crippen LogP) is 3.73. The molecule has 1 fully saturated rings. The number of nitrogens with two attached hydrogens (primary N) is 1. The van der Waals surface area contributed by atoms with E-state index in [9.17, 15) is 10.1 Å². The molecule has 6 nitrogen and oxygen atoms in total. The Bertz CT molecular complexity index is 1160. The van der Waals surface area contributed by atoms with Crippen LogP contribution >= 0.6 is 0 Å². The van der Waals surface area contributed by atoms with E-state index < -0.39 is 5.54 Å². The predicted molar refractivity (Wildman–Crippen MR) is 123 cm³/mol. The Balaban J connectivity index is 1.67. The van der Waals surface area contributed by atoms with E-state index in [4.69, 9.17) is 15.5 Å². The molecule has 1 aliphatic heterocycles. The Hall–Kier alpha value is -3.17. The third kappa shape index (κ3) is 2.96. The van der Waals surface area contributed by atoms with Crippen LogP contribution in [0.1, 0.15) is 48.8 Å². The van der Waals surface area contributed by atoms with Gasteiger partial charge in [-0.2, -0.15) is 5.26 Å². The molecule has 0 radical (unpaired) electrons. The topological polar surface area (TPSA) is 91.7 Å². The van der Waals surface area contributed by atoms with Gasteiger partial charge in [0, 0.05) is 19.6 Å². The van der Waals surface area contributed by atoms with Crippen molar-refractivity contribution in [1.82, 2.24) is 4.90 Å². The van der Waals surface area contributed by atoms with Gasteiger partial charge in [0.15, 0.2) is 5.96 Å². The number of nitriles is 1. The largest absolute Gasteiger partial charge is 0.381 e. The number of carbonyl (C=O) groups excluding carboxylic acids is 1. The van der Waals surface area contributed by atoms with Crippen LogP contribution in [-0.4, -0.2) is 37.0 Å². The number of carbonyl (C=O) groups is 1. The van der Waals surface area contributed by atoms with Gasteiger partial charge in [-0.15, -0.1) is 0 Å². The molecule has 3 aliphatic rings. The molecule has 0 saturated heterocycles. The monoisotopic (exact) mass is 428 g/mol. The van der Waals surface area contributed by atoms with Gasteiger partial charge in [-0.3, -0.25) is 9.69 Å². The maximum atomic E-state index is 13.1. The Morgan fingerprint density at radius 3 is 2.59 bits per heavy atom. The molecule has 1 heterocycles. The summed E-state index contributed by atoms with van der Waals surface area (Å²) in [6, 6.07) is 16.3. The third-order valence-corrected chi connectivity index (χ3v) is 7.94. The van der Waals surface area contributed by atoms with Gasteiger partial charge in [0.1, 0.15) is 5.54 Å². The van der Waals surface area contributed by atoms with E-state index in [0.29, 0.717) is 17.9 Å². The second-order valence-corrected chi connectivity index (χ2v) is 9.42. The molecule has 0 aromatic heterocycles. The SMILES string of the molecule is COC1CCC2(CC1)Cc1ccc(-c3cccc(C#N)c3)cc1C21CC(=O)N(C)C(N)=N1. The number of guanidine groups is 1. The maximum Gasteiger partial charge on any atom is 0.231 e. The lowest BCUT2D eigenvalue weighted by atomic mass is 9.60. The van der Waals surface area contributed by atoms with Crippen LogP contribution in [0.3, 0.4) is 0 Å².